The van der Waals surface area contributed by atoms with Crippen LogP contribution in [0.25, 0.3) is 10.2 Å². The maximum Gasteiger partial charge on any atom is 0.209 e. The lowest BCUT2D eigenvalue weighted by molar-refractivity contribution is -0.121. The van der Waals surface area contributed by atoms with Gasteiger partial charge in [-0.25, -0.2) is 9.97 Å². The van der Waals surface area contributed by atoms with E-state index >= 15 is 0 Å². The number of nitrogens with zero attached hydrogens (tertiary/aromatic N) is 3. The molecule has 2 aliphatic rings. The Balaban J connectivity index is 0.000000313. The van der Waals surface area contributed by atoms with Crippen molar-refractivity contribution < 1.29 is 9.53 Å². The van der Waals surface area contributed by atoms with Gasteiger partial charge >= 0.3 is 0 Å². The minimum atomic E-state index is 0.585. The minimum Gasteiger partial charge on any atom is -0.494 e. The van der Waals surface area contributed by atoms with Crippen LogP contribution < -0.4 is 15.8 Å². The summed E-state index contributed by atoms with van der Waals surface area (Å²) in [6.45, 7) is 1.95. The van der Waals surface area contributed by atoms with Gasteiger partial charge in [-0.05, 0) is 43.7 Å². The average molecular weight is 444 g/mol. The summed E-state index contributed by atoms with van der Waals surface area (Å²) in [6, 6.07) is 3.64. The van der Waals surface area contributed by atoms with Crippen molar-refractivity contribution in [3.63, 3.8) is 0 Å². The van der Waals surface area contributed by atoms with Gasteiger partial charge in [-0.15, -0.1) is 24.0 Å². The third kappa shape index (κ3) is 4.17. The van der Waals surface area contributed by atoms with Gasteiger partial charge in [0.15, 0.2) is 0 Å². The standard InChI is InChI=1S/C17H18N4OS2.C4H7NO/c1-22-12-6-10(18)13(23)7-11(12)21-16-15-9-4-2-3-5-14(9)24-17(15)20-8-19-16;6-4-5-2-1-3-5/h6-8,23H,2-5,18H2,1H3,(H,19,20,21);4H,1-3H2. The largest absolute Gasteiger partial charge is 0.494 e. The fraction of sp³-hybridized carbons (Fsp3) is 0.381. The number of fused-ring (bicyclic) bond motifs is 3. The zero-order chi connectivity index (χ0) is 21.1. The molecule has 9 heteroatoms. The summed E-state index contributed by atoms with van der Waals surface area (Å²) in [5.74, 6) is 1.48. The Morgan fingerprint density at radius 1 is 1.23 bits per heavy atom. The number of amides is 1. The number of carbonyl (C=O) groups excluding carboxylic acids is 1. The number of nitrogens with two attached hydrogens (primary N) is 1. The van der Waals surface area contributed by atoms with Gasteiger partial charge in [-0.1, -0.05) is 0 Å². The van der Waals surface area contributed by atoms with Gasteiger partial charge in [0.1, 0.15) is 22.7 Å². The van der Waals surface area contributed by atoms with E-state index in [0.717, 1.165) is 54.1 Å². The number of anilines is 3. The van der Waals surface area contributed by atoms with Crippen LogP contribution in [0, 0.1) is 0 Å². The van der Waals surface area contributed by atoms with Gasteiger partial charge in [0, 0.05) is 34.6 Å². The van der Waals surface area contributed by atoms with Crippen molar-refractivity contribution in [2.75, 3.05) is 31.2 Å². The number of nitrogen functional groups attached to an aromatic ring is 1. The average Bonchev–Trinajstić information content (AvgIpc) is 3.10. The summed E-state index contributed by atoms with van der Waals surface area (Å²) >= 11 is 6.19. The first-order valence-corrected chi connectivity index (χ1v) is 11.2. The predicted octanol–water partition coefficient (Wildman–Crippen LogP) is 4.04. The van der Waals surface area contributed by atoms with Crippen molar-refractivity contribution in [3.8, 4) is 5.75 Å². The molecule has 3 aromatic rings. The van der Waals surface area contributed by atoms with Crippen LogP contribution in [0.15, 0.2) is 23.4 Å². The number of likely N-dealkylation sites (tertiary alicyclic amines) is 1. The van der Waals surface area contributed by atoms with Crippen LogP contribution in [0.2, 0.25) is 0 Å². The van der Waals surface area contributed by atoms with E-state index in [1.807, 2.05) is 6.07 Å². The van der Waals surface area contributed by atoms with Crippen molar-refractivity contribution in [2.24, 2.45) is 0 Å². The first-order valence-electron chi connectivity index (χ1n) is 9.98. The van der Waals surface area contributed by atoms with Crippen LogP contribution in [0.3, 0.4) is 0 Å². The highest BCUT2D eigenvalue weighted by Gasteiger charge is 2.20. The van der Waals surface area contributed by atoms with Gasteiger partial charge in [0.25, 0.3) is 0 Å². The number of methoxy groups -OCH3 is 1. The van der Waals surface area contributed by atoms with Crippen molar-refractivity contribution in [2.45, 2.75) is 37.0 Å². The lowest BCUT2D eigenvalue weighted by Crippen LogP contribution is -2.35. The number of carbonyl (C=O) groups is 1. The normalized spacial score (nSPS) is 14.9. The maximum absolute atomic E-state index is 9.71. The molecule has 1 amide bonds. The zero-order valence-corrected chi connectivity index (χ0v) is 18.6. The Bertz CT molecular complexity index is 1070. The number of hydrogen-bond donors (Lipinski definition) is 3. The fourth-order valence-corrected chi connectivity index (χ4v) is 5.03. The van der Waals surface area contributed by atoms with Crippen LogP contribution in [-0.4, -0.2) is 41.5 Å². The summed E-state index contributed by atoms with van der Waals surface area (Å²) in [4.78, 5) is 23.6. The number of aromatic nitrogens is 2. The number of rotatable bonds is 4. The van der Waals surface area contributed by atoms with Gasteiger partial charge < -0.3 is 20.7 Å². The van der Waals surface area contributed by atoms with Crippen LogP contribution in [0.1, 0.15) is 29.7 Å². The molecule has 5 rings (SSSR count). The zero-order valence-electron chi connectivity index (χ0n) is 16.9. The second-order valence-electron chi connectivity index (χ2n) is 7.34. The lowest BCUT2D eigenvalue weighted by Gasteiger charge is -2.25. The van der Waals surface area contributed by atoms with E-state index < -0.39 is 0 Å². The second kappa shape index (κ2) is 9.09. The third-order valence-electron chi connectivity index (χ3n) is 5.39. The molecule has 2 aromatic heterocycles. The van der Waals surface area contributed by atoms with Gasteiger partial charge in [-0.2, -0.15) is 0 Å². The molecule has 158 valence electrons. The topological polar surface area (TPSA) is 93.4 Å². The molecule has 1 fully saturated rings. The highest BCUT2D eigenvalue weighted by atomic mass is 32.1. The molecule has 30 heavy (non-hydrogen) atoms. The summed E-state index contributed by atoms with van der Waals surface area (Å²) in [5, 5.41) is 4.53. The van der Waals surface area contributed by atoms with Crippen molar-refractivity contribution >= 4 is 57.8 Å². The maximum atomic E-state index is 9.71. The quantitative estimate of drug-likeness (QED) is 0.320. The van der Waals surface area contributed by atoms with E-state index in [2.05, 4.69) is 27.9 Å². The predicted molar refractivity (Wildman–Crippen MR) is 124 cm³/mol. The molecule has 7 nitrogen and oxygen atoms in total. The van der Waals surface area contributed by atoms with Crippen LogP contribution in [0.4, 0.5) is 17.2 Å². The molecule has 0 bridgehead atoms. The fourth-order valence-electron chi connectivity index (χ4n) is 3.61. The van der Waals surface area contributed by atoms with Gasteiger partial charge in [0.2, 0.25) is 6.41 Å². The number of ether oxygens (including phenoxy) is 1. The molecule has 3 heterocycles. The Labute approximate surface area is 185 Å². The molecule has 1 aliphatic carbocycles. The van der Waals surface area contributed by atoms with Gasteiger partial charge in [-0.3, -0.25) is 4.79 Å². The first kappa shape index (κ1) is 20.7. The highest BCUT2D eigenvalue weighted by Crippen LogP contribution is 2.40. The minimum absolute atomic E-state index is 0.585. The smallest absolute Gasteiger partial charge is 0.209 e. The Morgan fingerprint density at radius 3 is 2.70 bits per heavy atom. The molecule has 0 radical (unpaired) electrons. The van der Waals surface area contributed by atoms with Gasteiger partial charge in [0.05, 0.1) is 18.2 Å². The number of thiophene rings is 1. The van der Waals surface area contributed by atoms with Crippen molar-refractivity contribution in [3.05, 3.63) is 28.9 Å². The number of benzene rings is 1. The van der Waals surface area contributed by atoms with Crippen molar-refractivity contribution in [1.82, 2.24) is 14.9 Å². The van der Waals surface area contributed by atoms with Crippen molar-refractivity contribution in [1.29, 1.82) is 0 Å². The van der Waals surface area contributed by atoms with E-state index in [-0.39, 0.29) is 0 Å². The summed E-state index contributed by atoms with van der Waals surface area (Å²) < 4.78 is 5.44. The number of thiol groups is 1. The molecule has 1 aliphatic heterocycles. The number of aryl methyl sites for hydroxylation is 2. The molecule has 0 unspecified atom stereocenters. The molecule has 1 aromatic carbocycles. The summed E-state index contributed by atoms with van der Waals surface area (Å²) in [5.41, 5.74) is 8.69. The van der Waals surface area contributed by atoms with E-state index in [9.17, 15) is 4.79 Å². The number of nitrogens with one attached hydrogen (secondary N) is 1. The first-order chi connectivity index (χ1) is 14.6. The van der Waals surface area contributed by atoms with E-state index in [1.54, 1.807) is 35.7 Å². The molecule has 0 saturated carbocycles. The van der Waals surface area contributed by atoms with Crippen LogP contribution in [-0.2, 0) is 17.6 Å². The Morgan fingerprint density at radius 2 is 2.03 bits per heavy atom. The Hall–Kier alpha value is -2.52. The van der Waals surface area contributed by atoms with Crippen LogP contribution in [0.5, 0.6) is 5.75 Å². The monoisotopic (exact) mass is 443 g/mol. The summed E-state index contributed by atoms with van der Waals surface area (Å²) in [7, 11) is 1.63. The molecular weight excluding hydrogens is 418 g/mol. The third-order valence-corrected chi connectivity index (χ3v) is 6.98. The second-order valence-corrected chi connectivity index (χ2v) is 8.91. The molecule has 3 N–H and O–H groups in total. The molecule has 0 atom stereocenters. The van der Waals surface area contributed by atoms with E-state index in [0.29, 0.717) is 16.3 Å². The molecule has 1 saturated heterocycles. The molecular formula is C21H25N5O2S2. The van der Waals surface area contributed by atoms with Crippen LogP contribution >= 0.6 is 24.0 Å². The summed E-state index contributed by atoms with van der Waals surface area (Å²) in [6.07, 6.45) is 8.40. The van der Waals surface area contributed by atoms with E-state index in [4.69, 9.17) is 10.5 Å². The number of hydrogen-bond acceptors (Lipinski definition) is 8. The lowest BCUT2D eigenvalue weighted by atomic mass is 9.97. The Kier molecular flexibility index (Phi) is 6.29. The molecule has 0 spiro atoms. The highest BCUT2D eigenvalue weighted by molar-refractivity contribution is 7.80. The van der Waals surface area contributed by atoms with E-state index in [1.165, 1.54) is 29.7 Å². The SMILES string of the molecule is COc1cc(N)c(S)cc1Nc1ncnc2sc3c(c12)CCCC3.O=CN1CCC1.